The number of hydrogen-bond acceptors (Lipinski definition) is 7. The Balaban J connectivity index is 1.56. The molecule has 1 fully saturated rings. The highest BCUT2D eigenvalue weighted by Crippen LogP contribution is 2.43. The lowest BCUT2D eigenvalue weighted by molar-refractivity contribution is 0.171. The molecule has 0 amide bonds. The molecule has 0 atom stereocenters. The molecule has 2 heterocycles. The van der Waals surface area contributed by atoms with Crippen molar-refractivity contribution in [2.45, 2.75) is 38.1 Å². The van der Waals surface area contributed by atoms with Crippen molar-refractivity contribution in [2.24, 2.45) is 5.92 Å². The molecule has 1 aromatic heterocycles. The number of tetrazole rings is 1. The van der Waals surface area contributed by atoms with Gasteiger partial charge in [-0.05, 0) is 66.3 Å². The summed E-state index contributed by atoms with van der Waals surface area (Å²) in [4.78, 5) is 0. The molecule has 1 aliphatic carbocycles. The molecule has 2 aliphatic rings. The van der Waals surface area contributed by atoms with E-state index in [1.165, 1.54) is 0 Å². The van der Waals surface area contributed by atoms with E-state index in [1.54, 1.807) is 7.11 Å². The number of nitrogens with one attached hydrogen (secondary N) is 1. The average Bonchev–Trinajstić information content (AvgIpc) is 3.31. The van der Waals surface area contributed by atoms with Gasteiger partial charge in [-0.15, -0.1) is 5.10 Å². The molecule has 0 unspecified atom stereocenters. The normalized spacial score (nSPS) is 22.7. The van der Waals surface area contributed by atoms with Crippen molar-refractivity contribution < 1.29 is 14.2 Å². The number of hydrogen-bond donors (Lipinski definition) is 1. The maximum Gasteiger partial charge on any atom is 0.181 e. The summed E-state index contributed by atoms with van der Waals surface area (Å²) >= 11 is 0. The lowest BCUT2D eigenvalue weighted by atomic mass is 9.76. The number of methoxy groups -OCH3 is 1. The third-order valence-corrected chi connectivity index (χ3v) is 6.28. The summed E-state index contributed by atoms with van der Waals surface area (Å²) in [7, 11) is 1.69. The summed E-state index contributed by atoms with van der Waals surface area (Å²) in [6.07, 6.45) is 4.04. The second-order valence-corrected chi connectivity index (χ2v) is 8.33. The summed E-state index contributed by atoms with van der Waals surface area (Å²) in [6.45, 7) is 3.40. The van der Waals surface area contributed by atoms with E-state index in [0.717, 1.165) is 54.4 Å². The Morgan fingerprint density at radius 3 is 2.65 bits per heavy atom. The van der Waals surface area contributed by atoms with Crippen LogP contribution < -0.4 is 19.5 Å². The molecule has 8 nitrogen and oxygen atoms in total. The largest absolute Gasteiger partial charge is 0.495 e. The Kier molecular flexibility index (Phi) is 5.13. The van der Waals surface area contributed by atoms with Crippen LogP contribution in [0.5, 0.6) is 17.2 Å². The maximum absolute atomic E-state index is 5.77. The van der Waals surface area contributed by atoms with Gasteiger partial charge in [-0.25, -0.2) is 0 Å². The number of benzene rings is 2. The summed E-state index contributed by atoms with van der Waals surface area (Å²) in [5, 5.41) is 16.7. The second kappa shape index (κ2) is 8.09. The van der Waals surface area contributed by atoms with Gasteiger partial charge in [0.05, 0.1) is 24.0 Å². The molecule has 1 saturated carbocycles. The van der Waals surface area contributed by atoms with Gasteiger partial charge in [-0.1, -0.05) is 19.1 Å². The average molecular weight is 422 g/mol. The van der Waals surface area contributed by atoms with Crippen LogP contribution in [-0.2, 0) is 5.54 Å². The quantitative estimate of drug-likeness (QED) is 0.668. The highest BCUT2D eigenvalue weighted by molar-refractivity contribution is 5.58. The number of para-hydroxylation sites is 2. The van der Waals surface area contributed by atoms with Crippen LogP contribution in [0.3, 0.4) is 0 Å². The molecule has 8 heteroatoms. The van der Waals surface area contributed by atoms with Gasteiger partial charge in [0, 0.05) is 6.07 Å². The number of rotatable bonds is 5. The van der Waals surface area contributed by atoms with Gasteiger partial charge in [0.25, 0.3) is 0 Å². The van der Waals surface area contributed by atoms with Crippen LogP contribution in [0, 0.1) is 5.92 Å². The molecule has 0 bridgehead atoms. The third-order valence-electron chi connectivity index (χ3n) is 6.28. The molecule has 5 rings (SSSR count). The van der Waals surface area contributed by atoms with Gasteiger partial charge in [0.15, 0.2) is 17.3 Å². The molecule has 2 aromatic carbocycles. The molecule has 162 valence electrons. The van der Waals surface area contributed by atoms with Gasteiger partial charge >= 0.3 is 0 Å². The minimum Gasteiger partial charge on any atom is -0.495 e. The highest BCUT2D eigenvalue weighted by Gasteiger charge is 2.41. The first-order valence-corrected chi connectivity index (χ1v) is 10.8. The van der Waals surface area contributed by atoms with Crippen LogP contribution >= 0.6 is 0 Å². The smallest absolute Gasteiger partial charge is 0.181 e. The molecule has 1 N–H and O–H groups in total. The molecule has 0 radical (unpaired) electrons. The monoisotopic (exact) mass is 421 g/mol. The predicted octanol–water partition coefficient (Wildman–Crippen LogP) is 3.96. The van der Waals surface area contributed by atoms with E-state index < -0.39 is 5.54 Å². The Hall–Kier alpha value is -3.29. The third kappa shape index (κ3) is 3.66. The fourth-order valence-corrected chi connectivity index (χ4v) is 4.49. The molecule has 0 spiro atoms. The number of ether oxygens (including phenoxy) is 3. The van der Waals surface area contributed by atoms with Crippen molar-refractivity contribution >= 4 is 5.69 Å². The first kappa shape index (κ1) is 19.7. The van der Waals surface area contributed by atoms with Gasteiger partial charge < -0.3 is 19.5 Å². The summed E-state index contributed by atoms with van der Waals surface area (Å²) in [5.41, 5.74) is 1.39. The molecular formula is C23H27N5O3. The Bertz CT molecular complexity index is 1060. The van der Waals surface area contributed by atoms with Crippen molar-refractivity contribution in [1.82, 2.24) is 20.2 Å². The van der Waals surface area contributed by atoms with E-state index in [9.17, 15) is 0 Å². The van der Waals surface area contributed by atoms with Gasteiger partial charge in [0.2, 0.25) is 0 Å². The lowest BCUT2D eigenvalue weighted by Crippen LogP contribution is -2.41. The zero-order chi connectivity index (χ0) is 21.3. The van der Waals surface area contributed by atoms with Crippen molar-refractivity contribution in [2.75, 3.05) is 25.6 Å². The van der Waals surface area contributed by atoms with Crippen LogP contribution in [0.4, 0.5) is 5.69 Å². The molecule has 1 aliphatic heterocycles. The number of fused-ring (bicyclic) bond motifs is 1. The minimum absolute atomic E-state index is 0.405. The predicted molar refractivity (Wildman–Crippen MR) is 116 cm³/mol. The standard InChI is InChI=1S/C23H27N5O3/c1-16-9-11-23(12-10-16,24-18-5-3-4-6-19(18)29-2)22-25-26-27-28(22)17-7-8-20-21(15-17)31-14-13-30-20/h3-8,15-16,24H,9-14H2,1-2H3. The van der Waals surface area contributed by atoms with E-state index in [2.05, 4.69) is 27.8 Å². The van der Waals surface area contributed by atoms with Crippen LogP contribution in [0.15, 0.2) is 42.5 Å². The summed E-state index contributed by atoms with van der Waals surface area (Å²) < 4.78 is 18.9. The fraction of sp³-hybridized carbons (Fsp3) is 0.435. The second-order valence-electron chi connectivity index (χ2n) is 8.33. The first-order valence-electron chi connectivity index (χ1n) is 10.8. The Morgan fingerprint density at radius 2 is 1.84 bits per heavy atom. The van der Waals surface area contributed by atoms with E-state index in [1.807, 2.05) is 47.1 Å². The van der Waals surface area contributed by atoms with E-state index >= 15 is 0 Å². The van der Waals surface area contributed by atoms with Crippen LogP contribution in [0.1, 0.15) is 38.4 Å². The van der Waals surface area contributed by atoms with Gasteiger partial charge in [-0.3, -0.25) is 0 Å². The minimum atomic E-state index is -0.405. The number of aromatic nitrogens is 4. The summed E-state index contributed by atoms with van der Waals surface area (Å²) in [5.74, 6) is 3.74. The lowest BCUT2D eigenvalue weighted by Gasteiger charge is -2.40. The van der Waals surface area contributed by atoms with E-state index in [0.29, 0.717) is 24.9 Å². The highest BCUT2D eigenvalue weighted by atomic mass is 16.6. The van der Waals surface area contributed by atoms with Crippen molar-refractivity contribution in [3.63, 3.8) is 0 Å². The molecule has 31 heavy (non-hydrogen) atoms. The zero-order valence-corrected chi connectivity index (χ0v) is 17.9. The Labute approximate surface area is 181 Å². The maximum atomic E-state index is 5.77. The van der Waals surface area contributed by atoms with E-state index in [-0.39, 0.29) is 0 Å². The van der Waals surface area contributed by atoms with Crippen LogP contribution in [0.2, 0.25) is 0 Å². The van der Waals surface area contributed by atoms with E-state index in [4.69, 9.17) is 14.2 Å². The Morgan fingerprint density at radius 1 is 1.06 bits per heavy atom. The van der Waals surface area contributed by atoms with Gasteiger partial charge in [-0.2, -0.15) is 4.68 Å². The summed E-state index contributed by atoms with van der Waals surface area (Å²) in [6, 6.07) is 13.8. The topological polar surface area (TPSA) is 83.3 Å². The number of nitrogens with zero attached hydrogens (tertiary/aromatic N) is 4. The fourth-order valence-electron chi connectivity index (χ4n) is 4.49. The molecule has 3 aromatic rings. The first-order chi connectivity index (χ1) is 15.2. The van der Waals surface area contributed by atoms with Crippen LogP contribution in [-0.4, -0.2) is 40.5 Å². The van der Waals surface area contributed by atoms with Crippen molar-refractivity contribution in [1.29, 1.82) is 0 Å². The van der Waals surface area contributed by atoms with Crippen molar-refractivity contribution in [3.05, 3.63) is 48.3 Å². The SMILES string of the molecule is COc1ccccc1NC1(c2nnnn2-c2ccc3c(c2)OCCO3)CCC(C)CC1. The van der Waals surface area contributed by atoms with Crippen LogP contribution in [0.25, 0.3) is 5.69 Å². The molecular weight excluding hydrogens is 394 g/mol. The molecule has 0 saturated heterocycles. The van der Waals surface area contributed by atoms with Crippen molar-refractivity contribution in [3.8, 4) is 22.9 Å². The van der Waals surface area contributed by atoms with Gasteiger partial charge in [0.1, 0.15) is 19.0 Å². The zero-order valence-electron chi connectivity index (χ0n) is 17.9. The number of anilines is 1.